The van der Waals surface area contributed by atoms with Crippen LogP contribution in [0.3, 0.4) is 0 Å². The molecule has 0 amide bonds. The van der Waals surface area contributed by atoms with Gasteiger partial charge in [0.25, 0.3) is 0 Å². The molecule has 2 aliphatic heterocycles. The van der Waals surface area contributed by atoms with Crippen LogP contribution >= 0.6 is 0 Å². The topological polar surface area (TPSA) is 15.3 Å². The van der Waals surface area contributed by atoms with Crippen molar-refractivity contribution in [1.82, 2.24) is 10.2 Å². The van der Waals surface area contributed by atoms with Gasteiger partial charge in [-0.25, -0.2) is 0 Å². The van der Waals surface area contributed by atoms with E-state index in [0.717, 1.165) is 12.6 Å². The predicted molar refractivity (Wildman–Crippen MR) is 50.9 cm³/mol. The van der Waals surface area contributed by atoms with Gasteiger partial charge in [0.15, 0.2) is 0 Å². The van der Waals surface area contributed by atoms with Gasteiger partial charge in [-0.3, -0.25) is 0 Å². The second kappa shape index (κ2) is 3.76. The second-order valence-electron chi connectivity index (χ2n) is 3.45. The van der Waals surface area contributed by atoms with E-state index in [9.17, 15) is 0 Å². The van der Waals surface area contributed by atoms with Gasteiger partial charge in [0, 0.05) is 12.6 Å². The van der Waals surface area contributed by atoms with E-state index in [2.05, 4.69) is 34.6 Å². The molecule has 2 heterocycles. The molecule has 66 valence electrons. The van der Waals surface area contributed by atoms with Crippen molar-refractivity contribution in [3.8, 4) is 0 Å². The zero-order valence-electron chi connectivity index (χ0n) is 7.37. The molecule has 0 atom stereocenters. The van der Waals surface area contributed by atoms with Crippen molar-refractivity contribution in [1.29, 1.82) is 0 Å². The Morgan fingerprint density at radius 3 is 2.67 bits per heavy atom. The maximum atomic E-state index is 3.39. The lowest BCUT2D eigenvalue weighted by Crippen LogP contribution is -2.41. The molecule has 2 heteroatoms. The summed E-state index contributed by atoms with van der Waals surface area (Å²) >= 11 is 0. The molecule has 0 aliphatic carbocycles. The zero-order valence-corrected chi connectivity index (χ0v) is 7.37. The van der Waals surface area contributed by atoms with Crippen molar-refractivity contribution in [2.24, 2.45) is 0 Å². The normalized spacial score (nSPS) is 24.8. The van der Waals surface area contributed by atoms with Gasteiger partial charge in [0.2, 0.25) is 0 Å². The first-order valence-corrected chi connectivity index (χ1v) is 4.76. The molecule has 0 unspecified atom stereocenters. The van der Waals surface area contributed by atoms with Crippen LogP contribution in [0.25, 0.3) is 0 Å². The molecule has 0 saturated carbocycles. The van der Waals surface area contributed by atoms with Crippen LogP contribution in [0.5, 0.6) is 0 Å². The van der Waals surface area contributed by atoms with E-state index < -0.39 is 0 Å². The van der Waals surface area contributed by atoms with Gasteiger partial charge in [-0.05, 0) is 38.2 Å². The van der Waals surface area contributed by atoms with E-state index in [1.807, 2.05) is 0 Å². The summed E-state index contributed by atoms with van der Waals surface area (Å²) in [5.74, 6) is 0. The fourth-order valence-corrected chi connectivity index (χ4v) is 1.89. The quantitative estimate of drug-likeness (QED) is 0.625. The fourth-order valence-electron chi connectivity index (χ4n) is 1.89. The van der Waals surface area contributed by atoms with Crippen LogP contribution in [0.1, 0.15) is 12.8 Å². The molecule has 0 aromatic heterocycles. The summed E-state index contributed by atoms with van der Waals surface area (Å²) in [7, 11) is 0. The average Bonchev–Trinajstić information content (AvgIpc) is 2.21. The molecule has 1 saturated heterocycles. The van der Waals surface area contributed by atoms with Crippen molar-refractivity contribution in [2.75, 3.05) is 19.6 Å². The van der Waals surface area contributed by atoms with Crippen LogP contribution in [0.2, 0.25) is 0 Å². The Balaban J connectivity index is 1.90. The minimum Gasteiger partial charge on any atom is -0.371 e. The zero-order chi connectivity index (χ0) is 8.23. The Bertz CT molecular complexity index is 190. The van der Waals surface area contributed by atoms with Crippen LogP contribution in [-0.4, -0.2) is 30.6 Å². The molecule has 0 aromatic rings. The molecule has 2 aliphatic rings. The lowest BCUT2D eigenvalue weighted by molar-refractivity contribution is 0.242. The first-order chi connectivity index (χ1) is 5.97. The number of allylic oxidation sites excluding steroid dienone is 2. The van der Waals surface area contributed by atoms with E-state index in [0.29, 0.717) is 0 Å². The van der Waals surface area contributed by atoms with E-state index in [1.54, 1.807) is 0 Å². The largest absolute Gasteiger partial charge is 0.371 e. The van der Waals surface area contributed by atoms with Gasteiger partial charge in [0.05, 0.1) is 0 Å². The smallest absolute Gasteiger partial charge is 0.0360 e. The van der Waals surface area contributed by atoms with Gasteiger partial charge in [-0.1, -0.05) is 12.2 Å². The third-order valence-electron chi connectivity index (χ3n) is 2.62. The molecule has 1 fully saturated rings. The van der Waals surface area contributed by atoms with Crippen LogP contribution in [0, 0.1) is 0 Å². The highest BCUT2D eigenvalue weighted by molar-refractivity contribution is 5.09. The Kier molecular flexibility index (Phi) is 2.47. The lowest BCUT2D eigenvalue weighted by Gasteiger charge is -2.33. The van der Waals surface area contributed by atoms with E-state index in [4.69, 9.17) is 0 Å². The summed E-state index contributed by atoms with van der Waals surface area (Å²) in [4.78, 5) is 2.45. The van der Waals surface area contributed by atoms with Gasteiger partial charge >= 0.3 is 0 Å². The third kappa shape index (κ3) is 1.69. The third-order valence-corrected chi connectivity index (χ3v) is 2.62. The van der Waals surface area contributed by atoms with Crippen LogP contribution in [0.15, 0.2) is 24.4 Å². The van der Waals surface area contributed by atoms with Crippen LogP contribution in [-0.2, 0) is 0 Å². The molecule has 2 rings (SSSR count). The minimum atomic E-state index is 0.771. The van der Waals surface area contributed by atoms with E-state index >= 15 is 0 Å². The molecule has 0 aromatic carbocycles. The highest BCUT2D eigenvalue weighted by Crippen LogP contribution is 2.13. The van der Waals surface area contributed by atoms with Gasteiger partial charge in [0.1, 0.15) is 0 Å². The molecule has 0 spiro atoms. The van der Waals surface area contributed by atoms with Crippen molar-refractivity contribution >= 4 is 0 Å². The summed E-state index contributed by atoms with van der Waals surface area (Å²) in [6.07, 6.45) is 11.3. The van der Waals surface area contributed by atoms with Crippen molar-refractivity contribution < 1.29 is 0 Å². The molecular formula is C10H16N2. The number of hydrogen-bond donors (Lipinski definition) is 1. The summed E-state index contributed by atoms with van der Waals surface area (Å²) in [5, 5.41) is 3.39. The highest BCUT2D eigenvalue weighted by Gasteiger charge is 2.17. The monoisotopic (exact) mass is 164 g/mol. The maximum absolute atomic E-state index is 3.39. The predicted octanol–water partition coefficient (Wildman–Crippen LogP) is 1.12. The first kappa shape index (κ1) is 7.87. The lowest BCUT2D eigenvalue weighted by atomic mass is 10.0. The van der Waals surface area contributed by atoms with E-state index in [1.165, 1.54) is 25.9 Å². The van der Waals surface area contributed by atoms with Gasteiger partial charge in [-0.15, -0.1) is 0 Å². The standard InChI is InChI=1S/C10H16N2/c1-2-8-12(9-3-1)10-4-6-11-7-5-10/h1-3,8,10-11H,4-7,9H2. The number of nitrogens with one attached hydrogen (secondary N) is 1. The average molecular weight is 164 g/mol. The fraction of sp³-hybridized carbons (Fsp3) is 0.600. The molecule has 0 radical (unpaired) electrons. The number of rotatable bonds is 1. The molecule has 1 N–H and O–H groups in total. The van der Waals surface area contributed by atoms with E-state index in [-0.39, 0.29) is 0 Å². The summed E-state index contributed by atoms with van der Waals surface area (Å²) in [5.41, 5.74) is 0. The molecule has 12 heavy (non-hydrogen) atoms. The Morgan fingerprint density at radius 1 is 1.17 bits per heavy atom. The SMILES string of the molecule is C1=CCN(C2CCNCC2)C=C1. The number of piperidine rings is 1. The maximum Gasteiger partial charge on any atom is 0.0360 e. The Hall–Kier alpha value is -0.760. The van der Waals surface area contributed by atoms with Crippen LogP contribution < -0.4 is 5.32 Å². The Morgan fingerprint density at radius 2 is 2.00 bits per heavy atom. The van der Waals surface area contributed by atoms with Gasteiger partial charge in [-0.2, -0.15) is 0 Å². The summed E-state index contributed by atoms with van der Waals surface area (Å²) < 4.78 is 0. The second-order valence-corrected chi connectivity index (χ2v) is 3.45. The first-order valence-electron chi connectivity index (χ1n) is 4.76. The number of nitrogens with zero attached hydrogens (tertiary/aromatic N) is 1. The molecule has 0 bridgehead atoms. The van der Waals surface area contributed by atoms with Crippen LogP contribution in [0.4, 0.5) is 0 Å². The van der Waals surface area contributed by atoms with Crippen molar-refractivity contribution in [3.63, 3.8) is 0 Å². The highest BCUT2D eigenvalue weighted by atomic mass is 15.1. The van der Waals surface area contributed by atoms with Crippen molar-refractivity contribution in [3.05, 3.63) is 24.4 Å². The molecule has 2 nitrogen and oxygen atoms in total. The summed E-state index contributed by atoms with van der Waals surface area (Å²) in [6.45, 7) is 3.46. The minimum absolute atomic E-state index is 0.771. The Labute approximate surface area is 73.9 Å². The van der Waals surface area contributed by atoms with Crippen molar-refractivity contribution in [2.45, 2.75) is 18.9 Å². The summed E-state index contributed by atoms with van der Waals surface area (Å²) in [6, 6.07) is 0.771. The van der Waals surface area contributed by atoms with Gasteiger partial charge < -0.3 is 10.2 Å². The number of hydrogen-bond acceptors (Lipinski definition) is 2. The molecular weight excluding hydrogens is 148 g/mol.